The summed E-state index contributed by atoms with van der Waals surface area (Å²) < 4.78 is 0. The Hall–Kier alpha value is -2.80. The maximum atomic E-state index is 3.26. The van der Waals surface area contributed by atoms with Gasteiger partial charge in [-0.15, -0.1) is 23.7 Å². The summed E-state index contributed by atoms with van der Waals surface area (Å²) >= 11 is 0. The molecule has 0 aromatic heterocycles. The standard InChI is InChI=1S/C24H24/c1-9-13-21-17(5)22(14-10-2)19(7)24(16-12-4)20(8)23(15-11-3)18(21)6/h1-8H3/b21-17-,21-18?,22-17?,22-19-,23-18-,23-20?,24-19?,24-20-. The van der Waals surface area contributed by atoms with Gasteiger partial charge in [0.1, 0.15) is 0 Å². The van der Waals surface area contributed by atoms with Crippen LogP contribution in [0.3, 0.4) is 0 Å². The van der Waals surface area contributed by atoms with E-state index >= 15 is 0 Å². The number of allylic oxidation sites excluding steroid dienone is 8. The summed E-state index contributed by atoms with van der Waals surface area (Å²) in [5.41, 5.74) is 8.40. The summed E-state index contributed by atoms with van der Waals surface area (Å²) in [5, 5.41) is 0. The lowest BCUT2D eigenvalue weighted by atomic mass is 9.83. The Balaban J connectivity index is 4.16. The monoisotopic (exact) mass is 312 g/mol. The first-order valence-corrected chi connectivity index (χ1v) is 8.00. The van der Waals surface area contributed by atoms with Crippen molar-refractivity contribution in [3.8, 4) is 47.4 Å². The Morgan fingerprint density at radius 2 is 0.542 bits per heavy atom. The molecule has 0 spiro atoms. The van der Waals surface area contributed by atoms with Crippen LogP contribution in [-0.4, -0.2) is 0 Å². The highest BCUT2D eigenvalue weighted by atomic mass is 14.2. The molecule has 0 atom stereocenters. The first kappa shape index (κ1) is 19.2. The highest BCUT2D eigenvalue weighted by Crippen LogP contribution is 2.34. The summed E-state index contributed by atoms with van der Waals surface area (Å²) in [6.07, 6.45) is 0. The summed E-state index contributed by atoms with van der Waals surface area (Å²) in [4.78, 5) is 0. The zero-order valence-electron chi connectivity index (χ0n) is 16.0. The topological polar surface area (TPSA) is 0 Å². The van der Waals surface area contributed by atoms with E-state index < -0.39 is 0 Å². The second-order valence-electron chi connectivity index (χ2n) is 5.50. The largest absolute Gasteiger partial charge is 0.101 e. The van der Waals surface area contributed by atoms with E-state index in [2.05, 4.69) is 75.1 Å². The molecule has 120 valence electrons. The Morgan fingerprint density at radius 1 is 0.375 bits per heavy atom. The third kappa shape index (κ3) is 3.75. The first-order valence-electron chi connectivity index (χ1n) is 8.00. The van der Waals surface area contributed by atoms with E-state index in [1.165, 1.54) is 0 Å². The molecule has 0 aromatic carbocycles. The summed E-state index contributed by atoms with van der Waals surface area (Å²) in [5.74, 6) is 25.2. The minimum atomic E-state index is 1.01. The molecule has 0 fully saturated rings. The quantitative estimate of drug-likeness (QED) is 0.528. The van der Waals surface area contributed by atoms with E-state index in [1.54, 1.807) is 0 Å². The Labute approximate surface area is 147 Å². The van der Waals surface area contributed by atoms with Gasteiger partial charge in [0.05, 0.1) is 0 Å². The van der Waals surface area contributed by atoms with E-state index in [-0.39, 0.29) is 0 Å². The van der Waals surface area contributed by atoms with Crippen LogP contribution >= 0.6 is 0 Å². The molecule has 1 rings (SSSR count). The third-order valence-corrected chi connectivity index (χ3v) is 4.00. The van der Waals surface area contributed by atoms with Crippen LogP contribution < -0.4 is 0 Å². The van der Waals surface area contributed by atoms with Gasteiger partial charge in [-0.05, 0) is 77.7 Å². The van der Waals surface area contributed by atoms with Gasteiger partial charge >= 0.3 is 0 Å². The lowest BCUT2D eigenvalue weighted by Gasteiger charge is -2.19. The van der Waals surface area contributed by atoms with Crippen molar-refractivity contribution in [3.63, 3.8) is 0 Å². The first-order chi connectivity index (χ1) is 11.4. The molecule has 0 heterocycles. The fraction of sp³-hybridized carbons (Fsp3) is 0.333. The lowest BCUT2D eigenvalue weighted by Crippen LogP contribution is -2.05. The molecule has 0 nitrogen and oxygen atoms in total. The van der Waals surface area contributed by atoms with Gasteiger partial charge < -0.3 is 0 Å². The number of hydrogen-bond donors (Lipinski definition) is 0. The third-order valence-electron chi connectivity index (χ3n) is 4.00. The molecule has 0 N–H and O–H groups in total. The van der Waals surface area contributed by atoms with E-state index in [4.69, 9.17) is 0 Å². The predicted octanol–water partition coefficient (Wildman–Crippen LogP) is 5.36. The molecule has 0 aliphatic heterocycles. The fourth-order valence-electron chi connectivity index (χ4n) is 2.88. The van der Waals surface area contributed by atoms with Crippen molar-refractivity contribution in [3.05, 3.63) is 44.6 Å². The molecule has 0 saturated heterocycles. The minimum absolute atomic E-state index is 1.01. The molecule has 0 saturated carbocycles. The van der Waals surface area contributed by atoms with Crippen molar-refractivity contribution in [2.45, 2.75) is 55.4 Å². The molecule has 0 amide bonds. The molecule has 24 heavy (non-hydrogen) atoms. The summed E-state index contributed by atoms with van der Waals surface area (Å²) in [6, 6.07) is 0. The van der Waals surface area contributed by atoms with Gasteiger partial charge in [0, 0.05) is 22.3 Å². The molecule has 1 aliphatic rings. The van der Waals surface area contributed by atoms with Gasteiger partial charge in [-0.2, -0.15) is 0 Å². The van der Waals surface area contributed by atoms with Crippen LogP contribution in [0.25, 0.3) is 0 Å². The van der Waals surface area contributed by atoms with Gasteiger partial charge in [-0.3, -0.25) is 0 Å². The predicted molar refractivity (Wildman–Crippen MR) is 105 cm³/mol. The van der Waals surface area contributed by atoms with Crippen LogP contribution in [0, 0.1) is 47.4 Å². The van der Waals surface area contributed by atoms with Gasteiger partial charge in [0.25, 0.3) is 0 Å². The highest BCUT2D eigenvalue weighted by molar-refractivity contribution is 5.71. The van der Waals surface area contributed by atoms with E-state index in [1.807, 2.05) is 27.7 Å². The van der Waals surface area contributed by atoms with Crippen LogP contribution in [0.1, 0.15) is 55.4 Å². The van der Waals surface area contributed by atoms with Crippen LogP contribution in [-0.2, 0) is 0 Å². The maximum Gasteiger partial charge on any atom is 0.0328 e. The Bertz CT molecular complexity index is 740. The number of hydrogen-bond acceptors (Lipinski definition) is 0. The average Bonchev–Trinajstić information content (AvgIpc) is 2.57. The van der Waals surface area contributed by atoms with Crippen molar-refractivity contribution in [1.82, 2.24) is 0 Å². The van der Waals surface area contributed by atoms with Crippen LogP contribution in [0.15, 0.2) is 44.6 Å². The summed E-state index contributed by atoms with van der Waals surface area (Å²) in [7, 11) is 0. The van der Waals surface area contributed by atoms with Crippen molar-refractivity contribution in [2.24, 2.45) is 0 Å². The van der Waals surface area contributed by atoms with E-state index in [0.29, 0.717) is 0 Å². The molecule has 0 aromatic rings. The maximum absolute atomic E-state index is 3.26. The molecule has 0 bridgehead atoms. The van der Waals surface area contributed by atoms with Gasteiger partial charge in [0.15, 0.2) is 0 Å². The number of rotatable bonds is 0. The normalized spacial score (nSPS) is 26.3. The highest BCUT2D eigenvalue weighted by Gasteiger charge is 2.19. The van der Waals surface area contributed by atoms with Crippen LogP contribution in [0.4, 0.5) is 0 Å². The smallest absolute Gasteiger partial charge is 0.0328 e. The molecular weight excluding hydrogens is 288 g/mol. The SMILES string of the molecule is CC#CC1=C(C)/C(C#CC)=C(C)\C(C#CC)=C(C)/C(C#CC)=C\1C. The second-order valence-corrected chi connectivity index (χ2v) is 5.50. The van der Waals surface area contributed by atoms with Crippen molar-refractivity contribution in [1.29, 1.82) is 0 Å². The zero-order chi connectivity index (χ0) is 18.3. The minimum Gasteiger partial charge on any atom is -0.101 e. The van der Waals surface area contributed by atoms with Crippen molar-refractivity contribution >= 4 is 0 Å². The fourth-order valence-corrected chi connectivity index (χ4v) is 2.88. The van der Waals surface area contributed by atoms with Crippen molar-refractivity contribution in [2.75, 3.05) is 0 Å². The van der Waals surface area contributed by atoms with Crippen molar-refractivity contribution < 1.29 is 0 Å². The lowest BCUT2D eigenvalue weighted by molar-refractivity contribution is 1.21. The molecule has 0 heteroatoms. The van der Waals surface area contributed by atoms with Gasteiger partial charge in [0.2, 0.25) is 0 Å². The molecule has 0 unspecified atom stereocenters. The molecule has 1 aliphatic carbocycles. The Morgan fingerprint density at radius 3 is 0.667 bits per heavy atom. The van der Waals surface area contributed by atoms with Gasteiger partial charge in [-0.25, -0.2) is 0 Å². The zero-order valence-corrected chi connectivity index (χ0v) is 16.0. The second kappa shape index (κ2) is 8.73. The van der Waals surface area contributed by atoms with Crippen LogP contribution in [0.2, 0.25) is 0 Å². The molecular formula is C24H24. The molecule has 0 radical (unpaired) electrons. The summed E-state index contributed by atoms with van der Waals surface area (Å²) in [6.45, 7) is 15.8. The van der Waals surface area contributed by atoms with Crippen LogP contribution in [0.5, 0.6) is 0 Å². The average molecular weight is 312 g/mol. The van der Waals surface area contributed by atoms with E-state index in [0.717, 1.165) is 44.6 Å². The Kier molecular flexibility index (Phi) is 7.00. The van der Waals surface area contributed by atoms with Gasteiger partial charge in [-0.1, -0.05) is 23.7 Å². The van der Waals surface area contributed by atoms with E-state index in [9.17, 15) is 0 Å².